The third-order valence-electron chi connectivity index (χ3n) is 4.27. The third-order valence-corrected chi connectivity index (χ3v) is 5.13. The normalized spacial score (nSPS) is 22.0. The van der Waals surface area contributed by atoms with E-state index in [1.165, 1.54) is 32.1 Å². The van der Waals surface area contributed by atoms with Crippen molar-refractivity contribution in [1.82, 2.24) is 5.32 Å². The van der Waals surface area contributed by atoms with Crippen LogP contribution in [0.1, 0.15) is 32.1 Å². The zero-order chi connectivity index (χ0) is 14.8. The Hall–Kier alpha value is -0.890. The third kappa shape index (κ3) is 3.66. The number of anilines is 1. The fraction of sp³-hybridized carbons (Fsp3) is 0.600. The van der Waals surface area contributed by atoms with Crippen molar-refractivity contribution in [3.05, 3.63) is 31.9 Å². The SMILES string of the molecule is O=[N+]([O-])c1ccc(N(CC2CCCCN2)C2CC2)c(I)c1. The molecule has 0 amide bonds. The first-order chi connectivity index (χ1) is 10.1. The summed E-state index contributed by atoms with van der Waals surface area (Å²) in [4.78, 5) is 13.0. The fourth-order valence-corrected chi connectivity index (χ4v) is 3.80. The molecule has 21 heavy (non-hydrogen) atoms. The number of nitro benzene ring substituents is 1. The zero-order valence-electron chi connectivity index (χ0n) is 11.9. The van der Waals surface area contributed by atoms with E-state index in [9.17, 15) is 10.1 Å². The Kier molecular flexibility index (Phi) is 4.63. The molecule has 6 heteroatoms. The molecule has 1 heterocycles. The molecule has 1 N–H and O–H groups in total. The quantitative estimate of drug-likeness (QED) is 0.467. The molecule has 1 saturated heterocycles. The average Bonchev–Trinajstić information content (AvgIpc) is 3.31. The Morgan fingerprint density at radius 3 is 2.71 bits per heavy atom. The van der Waals surface area contributed by atoms with Crippen LogP contribution in [0.5, 0.6) is 0 Å². The molecule has 2 fully saturated rings. The van der Waals surface area contributed by atoms with Crippen LogP contribution in [0, 0.1) is 13.7 Å². The van der Waals surface area contributed by atoms with Crippen LogP contribution in [0.2, 0.25) is 0 Å². The molecule has 1 saturated carbocycles. The van der Waals surface area contributed by atoms with E-state index in [1.807, 2.05) is 6.07 Å². The summed E-state index contributed by atoms with van der Waals surface area (Å²) in [6.45, 7) is 2.12. The van der Waals surface area contributed by atoms with E-state index in [2.05, 4.69) is 32.8 Å². The van der Waals surface area contributed by atoms with Crippen LogP contribution < -0.4 is 10.2 Å². The number of nitro groups is 1. The lowest BCUT2D eigenvalue weighted by Gasteiger charge is -2.32. The summed E-state index contributed by atoms with van der Waals surface area (Å²) in [6.07, 6.45) is 6.27. The van der Waals surface area contributed by atoms with Gasteiger partial charge in [0.1, 0.15) is 0 Å². The Morgan fingerprint density at radius 2 is 2.14 bits per heavy atom. The van der Waals surface area contributed by atoms with Crippen LogP contribution in [0.15, 0.2) is 18.2 Å². The second-order valence-corrected chi connectivity index (χ2v) is 7.09. The lowest BCUT2D eigenvalue weighted by molar-refractivity contribution is -0.384. The lowest BCUT2D eigenvalue weighted by atomic mass is 10.0. The summed E-state index contributed by atoms with van der Waals surface area (Å²) in [6, 6.07) is 6.39. The Bertz CT molecular complexity index is 528. The summed E-state index contributed by atoms with van der Waals surface area (Å²) in [5.41, 5.74) is 1.32. The molecule has 114 valence electrons. The standard InChI is InChI=1S/C15H20IN3O2/c16-14-9-13(19(20)21)6-7-15(14)18(12-4-5-12)10-11-3-1-2-8-17-11/h6-7,9,11-12,17H,1-5,8,10H2. The zero-order valence-corrected chi connectivity index (χ0v) is 14.1. The minimum absolute atomic E-state index is 0.176. The Balaban J connectivity index is 1.78. The molecule has 0 aromatic heterocycles. The Morgan fingerprint density at radius 1 is 1.33 bits per heavy atom. The van der Waals surface area contributed by atoms with Gasteiger partial charge < -0.3 is 10.2 Å². The first-order valence-electron chi connectivity index (χ1n) is 7.59. The summed E-state index contributed by atoms with van der Waals surface area (Å²) in [5.74, 6) is 0. The molecule has 3 rings (SSSR count). The molecule has 1 aromatic rings. The van der Waals surface area contributed by atoms with Gasteiger partial charge in [0.05, 0.1) is 10.6 Å². The molecule has 0 bridgehead atoms. The highest BCUT2D eigenvalue weighted by atomic mass is 127. The fourth-order valence-electron chi connectivity index (χ4n) is 2.99. The van der Waals surface area contributed by atoms with Crippen molar-refractivity contribution in [3.63, 3.8) is 0 Å². The minimum atomic E-state index is -0.323. The van der Waals surface area contributed by atoms with Crippen molar-refractivity contribution in [2.24, 2.45) is 0 Å². The van der Waals surface area contributed by atoms with Crippen molar-refractivity contribution >= 4 is 34.0 Å². The molecule has 5 nitrogen and oxygen atoms in total. The monoisotopic (exact) mass is 401 g/mol. The van der Waals surface area contributed by atoms with Gasteiger partial charge in [0.25, 0.3) is 5.69 Å². The number of piperidine rings is 1. The Labute approximate surface area is 138 Å². The van der Waals surface area contributed by atoms with Gasteiger partial charge >= 0.3 is 0 Å². The highest BCUT2D eigenvalue weighted by Gasteiger charge is 2.32. The van der Waals surface area contributed by atoms with Gasteiger partial charge in [-0.2, -0.15) is 0 Å². The smallest absolute Gasteiger partial charge is 0.270 e. The van der Waals surface area contributed by atoms with Crippen molar-refractivity contribution in [2.75, 3.05) is 18.0 Å². The van der Waals surface area contributed by atoms with E-state index in [0.717, 1.165) is 22.3 Å². The molecule has 1 aliphatic heterocycles. The van der Waals surface area contributed by atoms with Crippen LogP contribution in [0.25, 0.3) is 0 Å². The van der Waals surface area contributed by atoms with E-state index < -0.39 is 0 Å². The van der Waals surface area contributed by atoms with Gasteiger partial charge in [-0.15, -0.1) is 0 Å². The van der Waals surface area contributed by atoms with Gasteiger partial charge in [0, 0.05) is 34.3 Å². The van der Waals surface area contributed by atoms with Crippen molar-refractivity contribution in [2.45, 2.75) is 44.2 Å². The van der Waals surface area contributed by atoms with Crippen LogP contribution in [-0.4, -0.2) is 30.1 Å². The average molecular weight is 401 g/mol. The number of nitrogens with zero attached hydrogens (tertiary/aromatic N) is 2. The molecule has 1 unspecified atom stereocenters. The van der Waals surface area contributed by atoms with Gasteiger partial charge in [-0.3, -0.25) is 10.1 Å². The van der Waals surface area contributed by atoms with E-state index in [4.69, 9.17) is 0 Å². The molecule has 2 aliphatic rings. The van der Waals surface area contributed by atoms with Crippen LogP contribution >= 0.6 is 22.6 Å². The molecule has 1 atom stereocenters. The van der Waals surface area contributed by atoms with Gasteiger partial charge in [-0.1, -0.05) is 6.42 Å². The maximum atomic E-state index is 10.9. The summed E-state index contributed by atoms with van der Waals surface area (Å²) in [5, 5.41) is 14.5. The number of nitrogens with one attached hydrogen (secondary N) is 1. The number of non-ortho nitro benzene ring substituents is 1. The van der Waals surface area contributed by atoms with Crippen molar-refractivity contribution in [3.8, 4) is 0 Å². The predicted molar refractivity (Wildman–Crippen MR) is 91.8 cm³/mol. The molecular formula is C15H20IN3O2. The van der Waals surface area contributed by atoms with Crippen LogP contribution in [-0.2, 0) is 0 Å². The minimum Gasteiger partial charge on any atom is -0.366 e. The number of rotatable bonds is 5. The molecule has 0 radical (unpaired) electrons. The van der Waals surface area contributed by atoms with E-state index in [0.29, 0.717) is 12.1 Å². The topological polar surface area (TPSA) is 58.4 Å². The summed E-state index contributed by atoms with van der Waals surface area (Å²) < 4.78 is 0.976. The van der Waals surface area contributed by atoms with Gasteiger partial charge in [0.15, 0.2) is 0 Å². The number of hydrogen-bond donors (Lipinski definition) is 1. The molecule has 1 aliphatic carbocycles. The molecule has 0 spiro atoms. The highest BCUT2D eigenvalue weighted by molar-refractivity contribution is 14.1. The maximum Gasteiger partial charge on any atom is 0.270 e. The number of halogens is 1. The largest absolute Gasteiger partial charge is 0.366 e. The van der Waals surface area contributed by atoms with Crippen molar-refractivity contribution in [1.29, 1.82) is 0 Å². The van der Waals surface area contributed by atoms with Gasteiger partial charge in [-0.25, -0.2) is 0 Å². The van der Waals surface area contributed by atoms with Gasteiger partial charge in [-0.05, 0) is 60.9 Å². The first-order valence-corrected chi connectivity index (χ1v) is 8.67. The number of benzene rings is 1. The first kappa shape index (κ1) is 15.0. The van der Waals surface area contributed by atoms with E-state index in [1.54, 1.807) is 12.1 Å². The number of hydrogen-bond acceptors (Lipinski definition) is 4. The van der Waals surface area contributed by atoms with Crippen LogP contribution in [0.4, 0.5) is 11.4 Å². The van der Waals surface area contributed by atoms with E-state index >= 15 is 0 Å². The second-order valence-electron chi connectivity index (χ2n) is 5.92. The summed E-state index contributed by atoms with van der Waals surface area (Å²) >= 11 is 2.22. The van der Waals surface area contributed by atoms with Gasteiger partial charge in [0.2, 0.25) is 0 Å². The van der Waals surface area contributed by atoms with Crippen molar-refractivity contribution < 1.29 is 4.92 Å². The highest BCUT2D eigenvalue weighted by Crippen LogP contribution is 2.36. The molecular weight excluding hydrogens is 381 g/mol. The predicted octanol–water partition coefficient (Wildman–Crippen LogP) is 3.31. The summed E-state index contributed by atoms with van der Waals surface area (Å²) in [7, 11) is 0. The maximum absolute atomic E-state index is 10.9. The lowest BCUT2D eigenvalue weighted by Crippen LogP contribution is -2.44. The van der Waals surface area contributed by atoms with E-state index in [-0.39, 0.29) is 10.6 Å². The second kappa shape index (κ2) is 6.48. The van der Waals surface area contributed by atoms with Crippen LogP contribution in [0.3, 0.4) is 0 Å². The molecule has 1 aromatic carbocycles.